The Labute approximate surface area is 137 Å². The second-order valence-corrected chi connectivity index (χ2v) is 6.62. The third-order valence-electron chi connectivity index (χ3n) is 5.05. The summed E-state index contributed by atoms with van der Waals surface area (Å²) in [6.07, 6.45) is 2.94. The highest BCUT2D eigenvalue weighted by Crippen LogP contribution is 2.25. The number of morpholine rings is 1. The monoisotopic (exact) mass is 325 g/mol. The van der Waals surface area contributed by atoms with Gasteiger partial charge in [0.2, 0.25) is 5.91 Å². The molecule has 3 aliphatic rings. The van der Waals surface area contributed by atoms with Crippen LogP contribution in [0.5, 0.6) is 0 Å². The number of carbonyl (C=O) groups excluding carboxylic acids is 2. The minimum Gasteiger partial charge on any atom is -0.378 e. The number of nitrogens with zero attached hydrogens (tertiary/aromatic N) is 2. The zero-order chi connectivity index (χ0) is 16.2. The van der Waals surface area contributed by atoms with Crippen LogP contribution in [0.25, 0.3) is 0 Å². The molecule has 3 saturated heterocycles. The van der Waals surface area contributed by atoms with Gasteiger partial charge in [0, 0.05) is 32.7 Å². The van der Waals surface area contributed by atoms with Crippen LogP contribution in [0.15, 0.2) is 0 Å². The Balaban J connectivity index is 1.55. The molecule has 130 valence electrons. The second kappa shape index (κ2) is 7.59. The highest BCUT2D eigenvalue weighted by molar-refractivity contribution is 5.83. The predicted octanol–water partition coefficient (Wildman–Crippen LogP) is -0.410. The van der Waals surface area contributed by atoms with Gasteiger partial charge in [0.25, 0.3) is 5.91 Å². The van der Waals surface area contributed by atoms with E-state index in [-0.39, 0.29) is 29.9 Å². The van der Waals surface area contributed by atoms with Gasteiger partial charge in [-0.2, -0.15) is 0 Å². The molecule has 0 saturated carbocycles. The van der Waals surface area contributed by atoms with Crippen LogP contribution < -0.4 is 5.73 Å². The summed E-state index contributed by atoms with van der Waals surface area (Å²) in [7, 11) is 0. The third-order valence-corrected chi connectivity index (χ3v) is 5.05. The van der Waals surface area contributed by atoms with E-state index in [9.17, 15) is 9.59 Å². The summed E-state index contributed by atoms with van der Waals surface area (Å²) < 4.78 is 11.0. The molecule has 0 aromatic rings. The highest BCUT2D eigenvalue weighted by Gasteiger charge is 2.37. The normalized spacial score (nSPS) is 32.1. The summed E-state index contributed by atoms with van der Waals surface area (Å²) in [4.78, 5) is 28.9. The van der Waals surface area contributed by atoms with E-state index in [1.54, 1.807) is 0 Å². The first kappa shape index (κ1) is 16.7. The van der Waals surface area contributed by atoms with Gasteiger partial charge >= 0.3 is 0 Å². The lowest BCUT2D eigenvalue weighted by molar-refractivity contribution is -0.149. The van der Waals surface area contributed by atoms with Crippen molar-refractivity contribution in [2.24, 2.45) is 11.7 Å². The lowest BCUT2D eigenvalue weighted by Crippen LogP contribution is -2.51. The summed E-state index contributed by atoms with van der Waals surface area (Å²) in [5.41, 5.74) is 5.61. The first-order chi connectivity index (χ1) is 11.2. The van der Waals surface area contributed by atoms with Gasteiger partial charge in [0.05, 0.1) is 25.2 Å². The van der Waals surface area contributed by atoms with Gasteiger partial charge in [-0.25, -0.2) is 0 Å². The molecule has 0 aromatic heterocycles. The Hall–Kier alpha value is -1.18. The number of amides is 2. The average molecular weight is 325 g/mol. The van der Waals surface area contributed by atoms with E-state index < -0.39 is 0 Å². The van der Waals surface area contributed by atoms with Gasteiger partial charge in [-0.05, 0) is 25.7 Å². The molecule has 0 spiro atoms. The molecular formula is C16H27N3O4. The second-order valence-electron chi connectivity index (χ2n) is 6.62. The Morgan fingerprint density at radius 1 is 1.00 bits per heavy atom. The topological polar surface area (TPSA) is 85.1 Å². The number of carbonyl (C=O) groups is 2. The number of hydrogen-bond acceptors (Lipinski definition) is 5. The average Bonchev–Trinajstić information content (AvgIpc) is 3.10. The van der Waals surface area contributed by atoms with E-state index in [1.807, 2.05) is 9.80 Å². The van der Waals surface area contributed by atoms with Gasteiger partial charge < -0.3 is 25.0 Å². The summed E-state index contributed by atoms with van der Waals surface area (Å²) in [6, 6.07) is 0. The predicted molar refractivity (Wildman–Crippen MR) is 83.7 cm³/mol. The Bertz CT molecular complexity index is 439. The fourth-order valence-electron chi connectivity index (χ4n) is 3.69. The molecular weight excluding hydrogens is 298 g/mol. The molecule has 3 fully saturated rings. The smallest absolute Gasteiger partial charge is 0.251 e. The molecule has 3 aliphatic heterocycles. The maximum absolute atomic E-state index is 12.6. The van der Waals surface area contributed by atoms with E-state index in [0.29, 0.717) is 39.4 Å². The maximum Gasteiger partial charge on any atom is 0.251 e. The van der Waals surface area contributed by atoms with E-state index in [1.165, 1.54) is 0 Å². The Kier molecular flexibility index (Phi) is 5.50. The zero-order valence-corrected chi connectivity index (χ0v) is 13.6. The number of ether oxygens (including phenoxy) is 2. The summed E-state index contributed by atoms with van der Waals surface area (Å²) in [6.45, 7) is 4.23. The standard InChI is InChI=1S/C16H27N3O4/c17-10-13-3-4-14(23-13)16(21)19-5-1-2-12(11-19)15(20)18-6-8-22-9-7-18/h12-14H,1-11,17H2/t12?,13-,14+/m1/s1. The van der Waals surface area contributed by atoms with Crippen molar-refractivity contribution in [2.75, 3.05) is 45.9 Å². The van der Waals surface area contributed by atoms with E-state index in [0.717, 1.165) is 32.2 Å². The molecule has 0 aromatic carbocycles. The minimum atomic E-state index is -0.374. The Morgan fingerprint density at radius 3 is 2.48 bits per heavy atom. The minimum absolute atomic E-state index is 0.000445. The fourth-order valence-corrected chi connectivity index (χ4v) is 3.69. The number of nitrogens with two attached hydrogens (primary N) is 1. The van der Waals surface area contributed by atoms with Gasteiger partial charge in [-0.15, -0.1) is 0 Å². The number of hydrogen-bond donors (Lipinski definition) is 1. The van der Waals surface area contributed by atoms with Crippen LogP contribution in [0.2, 0.25) is 0 Å². The van der Waals surface area contributed by atoms with Crippen molar-refractivity contribution in [1.82, 2.24) is 9.80 Å². The molecule has 3 rings (SSSR count). The quantitative estimate of drug-likeness (QED) is 0.762. The third kappa shape index (κ3) is 3.84. The van der Waals surface area contributed by atoms with Crippen LogP contribution in [0.1, 0.15) is 25.7 Å². The number of rotatable bonds is 3. The molecule has 7 nitrogen and oxygen atoms in total. The van der Waals surface area contributed by atoms with Crippen LogP contribution in [-0.4, -0.2) is 79.8 Å². The molecule has 7 heteroatoms. The lowest BCUT2D eigenvalue weighted by atomic mass is 9.95. The number of likely N-dealkylation sites (tertiary alicyclic amines) is 1. The van der Waals surface area contributed by atoms with Crippen LogP contribution in [0.4, 0.5) is 0 Å². The van der Waals surface area contributed by atoms with Gasteiger partial charge in [0.15, 0.2) is 0 Å². The van der Waals surface area contributed by atoms with Gasteiger partial charge in [0.1, 0.15) is 6.10 Å². The van der Waals surface area contributed by atoms with Crippen molar-refractivity contribution in [3.05, 3.63) is 0 Å². The molecule has 3 atom stereocenters. The Morgan fingerprint density at radius 2 is 1.78 bits per heavy atom. The van der Waals surface area contributed by atoms with E-state index in [2.05, 4.69) is 0 Å². The van der Waals surface area contributed by atoms with E-state index >= 15 is 0 Å². The molecule has 0 aliphatic carbocycles. The molecule has 3 heterocycles. The molecule has 2 N–H and O–H groups in total. The zero-order valence-electron chi connectivity index (χ0n) is 13.6. The highest BCUT2D eigenvalue weighted by atomic mass is 16.5. The summed E-state index contributed by atoms with van der Waals surface area (Å²) >= 11 is 0. The van der Waals surface area contributed by atoms with Crippen LogP contribution in [0.3, 0.4) is 0 Å². The summed E-state index contributed by atoms with van der Waals surface area (Å²) in [5, 5.41) is 0. The molecule has 23 heavy (non-hydrogen) atoms. The number of piperidine rings is 1. The van der Waals surface area contributed by atoms with Crippen LogP contribution in [0, 0.1) is 5.92 Å². The van der Waals surface area contributed by atoms with Gasteiger partial charge in [-0.1, -0.05) is 0 Å². The summed E-state index contributed by atoms with van der Waals surface area (Å²) in [5.74, 6) is 0.107. The largest absolute Gasteiger partial charge is 0.378 e. The van der Waals surface area contributed by atoms with Crippen LogP contribution >= 0.6 is 0 Å². The molecule has 1 unspecified atom stereocenters. The maximum atomic E-state index is 12.6. The molecule has 0 radical (unpaired) electrons. The van der Waals surface area contributed by atoms with Crippen molar-refractivity contribution in [2.45, 2.75) is 37.9 Å². The first-order valence-electron chi connectivity index (χ1n) is 8.70. The van der Waals surface area contributed by atoms with E-state index in [4.69, 9.17) is 15.2 Å². The van der Waals surface area contributed by atoms with Crippen molar-refractivity contribution in [1.29, 1.82) is 0 Å². The van der Waals surface area contributed by atoms with Crippen LogP contribution in [-0.2, 0) is 19.1 Å². The SMILES string of the molecule is NC[C@H]1CC[C@@H](C(=O)N2CCCC(C(=O)N3CCOCC3)C2)O1. The first-order valence-corrected chi connectivity index (χ1v) is 8.70. The van der Waals surface area contributed by atoms with Gasteiger partial charge in [-0.3, -0.25) is 9.59 Å². The molecule has 0 bridgehead atoms. The van der Waals surface area contributed by atoms with Crippen molar-refractivity contribution < 1.29 is 19.1 Å². The fraction of sp³-hybridized carbons (Fsp3) is 0.875. The van der Waals surface area contributed by atoms with Crippen molar-refractivity contribution in [3.63, 3.8) is 0 Å². The van der Waals surface area contributed by atoms with Crippen molar-refractivity contribution >= 4 is 11.8 Å². The lowest BCUT2D eigenvalue weighted by Gasteiger charge is -2.37. The van der Waals surface area contributed by atoms with Crippen molar-refractivity contribution in [3.8, 4) is 0 Å². The molecule has 2 amide bonds.